The number of aromatic nitrogens is 2. The number of hydrogen-bond donors (Lipinski definition) is 1. The Labute approximate surface area is 131 Å². The normalized spacial score (nSPS) is 10.2. The van der Waals surface area contributed by atoms with Crippen molar-refractivity contribution in [1.29, 1.82) is 0 Å². The second-order valence-corrected chi connectivity index (χ2v) is 5.33. The molecule has 0 saturated heterocycles. The van der Waals surface area contributed by atoms with E-state index in [4.69, 9.17) is 4.74 Å². The fourth-order valence-corrected chi connectivity index (χ4v) is 2.28. The number of carbonyl (C=O) groups excluding carboxylic acids is 1. The highest BCUT2D eigenvalue weighted by Gasteiger charge is 2.08. The van der Waals surface area contributed by atoms with Gasteiger partial charge in [-0.15, -0.1) is 10.2 Å². The third-order valence-electron chi connectivity index (χ3n) is 2.95. The van der Waals surface area contributed by atoms with Crippen molar-refractivity contribution in [2.75, 3.05) is 5.32 Å². The number of ether oxygens (including phenoxy) is 1. The van der Waals surface area contributed by atoms with Crippen LogP contribution in [-0.4, -0.2) is 16.1 Å². The lowest BCUT2D eigenvalue weighted by Gasteiger charge is -2.07. The van der Waals surface area contributed by atoms with Gasteiger partial charge in [-0.2, -0.15) is 0 Å². The topological polar surface area (TPSA) is 64.1 Å². The molecule has 0 aliphatic carbocycles. The van der Waals surface area contributed by atoms with E-state index in [-0.39, 0.29) is 5.91 Å². The lowest BCUT2D eigenvalue weighted by molar-refractivity contribution is 0.102. The van der Waals surface area contributed by atoms with Gasteiger partial charge in [-0.3, -0.25) is 10.1 Å². The molecular weight excluding hydrogens is 298 g/mol. The second kappa shape index (κ2) is 6.82. The summed E-state index contributed by atoms with van der Waals surface area (Å²) in [6, 6.07) is 16.9. The molecule has 1 amide bonds. The third-order valence-corrected chi connectivity index (χ3v) is 3.55. The summed E-state index contributed by atoms with van der Waals surface area (Å²) in [6.07, 6.45) is 0. The maximum Gasteiger partial charge on any atom is 0.257 e. The van der Waals surface area contributed by atoms with Gasteiger partial charge in [0.05, 0.1) is 0 Å². The van der Waals surface area contributed by atoms with Crippen LogP contribution in [-0.2, 0) is 6.61 Å². The molecule has 110 valence electrons. The summed E-state index contributed by atoms with van der Waals surface area (Å²) in [7, 11) is 0. The smallest absolute Gasteiger partial charge is 0.257 e. The summed E-state index contributed by atoms with van der Waals surface area (Å²) in [5.74, 6) is 0.502. The number of nitrogens with zero attached hydrogens (tertiary/aromatic N) is 2. The molecule has 0 fully saturated rings. The zero-order valence-corrected chi connectivity index (χ0v) is 12.4. The Balaban J connectivity index is 1.59. The highest BCUT2D eigenvalue weighted by molar-refractivity contribution is 7.13. The van der Waals surface area contributed by atoms with Crippen molar-refractivity contribution in [3.63, 3.8) is 0 Å². The molecule has 2 aromatic carbocycles. The predicted molar refractivity (Wildman–Crippen MR) is 85.1 cm³/mol. The van der Waals surface area contributed by atoms with Crippen molar-refractivity contribution in [2.24, 2.45) is 0 Å². The van der Waals surface area contributed by atoms with Crippen LogP contribution >= 0.6 is 11.3 Å². The van der Waals surface area contributed by atoms with Crippen molar-refractivity contribution in [3.8, 4) is 5.75 Å². The number of benzene rings is 2. The molecule has 0 saturated carbocycles. The van der Waals surface area contributed by atoms with Gasteiger partial charge in [0.2, 0.25) is 5.13 Å². The minimum Gasteiger partial charge on any atom is -0.489 e. The van der Waals surface area contributed by atoms with Crippen LogP contribution in [0.5, 0.6) is 5.75 Å². The van der Waals surface area contributed by atoms with Crippen LogP contribution in [0.4, 0.5) is 5.13 Å². The average Bonchev–Trinajstić information content (AvgIpc) is 3.07. The van der Waals surface area contributed by atoms with Crippen LogP contribution in [0.25, 0.3) is 0 Å². The lowest BCUT2D eigenvalue weighted by Crippen LogP contribution is -2.11. The van der Waals surface area contributed by atoms with Gasteiger partial charge in [0.15, 0.2) is 0 Å². The van der Waals surface area contributed by atoms with Crippen molar-refractivity contribution in [2.45, 2.75) is 6.61 Å². The number of carbonyl (C=O) groups is 1. The van der Waals surface area contributed by atoms with E-state index in [1.54, 1.807) is 29.8 Å². The van der Waals surface area contributed by atoms with Crippen LogP contribution in [0.1, 0.15) is 15.9 Å². The SMILES string of the molecule is O=C(Nc1nncs1)c1ccc(OCc2ccccc2)cc1. The van der Waals surface area contributed by atoms with Gasteiger partial charge < -0.3 is 4.74 Å². The Kier molecular flexibility index (Phi) is 4.41. The second-order valence-electron chi connectivity index (χ2n) is 4.50. The van der Waals surface area contributed by atoms with E-state index < -0.39 is 0 Å². The van der Waals surface area contributed by atoms with E-state index in [1.807, 2.05) is 30.3 Å². The first-order valence-electron chi connectivity index (χ1n) is 6.65. The zero-order chi connectivity index (χ0) is 15.2. The van der Waals surface area contributed by atoms with Crippen LogP contribution in [0.3, 0.4) is 0 Å². The molecule has 0 unspecified atom stereocenters. The van der Waals surface area contributed by atoms with Crippen molar-refractivity contribution >= 4 is 22.4 Å². The molecule has 0 aliphatic rings. The molecule has 0 bridgehead atoms. The van der Waals surface area contributed by atoms with Crippen LogP contribution in [0.2, 0.25) is 0 Å². The number of amides is 1. The van der Waals surface area contributed by atoms with Crippen molar-refractivity contribution in [1.82, 2.24) is 10.2 Å². The molecule has 1 N–H and O–H groups in total. The molecule has 1 heterocycles. The van der Waals surface area contributed by atoms with Gasteiger partial charge in [0.25, 0.3) is 5.91 Å². The van der Waals surface area contributed by atoms with Gasteiger partial charge in [-0.05, 0) is 29.8 Å². The maximum absolute atomic E-state index is 12.0. The largest absolute Gasteiger partial charge is 0.489 e. The lowest BCUT2D eigenvalue weighted by atomic mass is 10.2. The van der Waals surface area contributed by atoms with Crippen LogP contribution < -0.4 is 10.1 Å². The van der Waals surface area contributed by atoms with Crippen LogP contribution in [0.15, 0.2) is 60.1 Å². The minimum atomic E-state index is -0.216. The highest BCUT2D eigenvalue weighted by atomic mass is 32.1. The summed E-state index contributed by atoms with van der Waals surface area (Å²) in [4.78, 5) is 12.0. The molecule has 22 heavy (non-hydrogen) atoms. The Bertz CT molecular complexity index is 728. The minimum absolute atomic E-state index is 0.216. The standard InChI is InChI=1S/C16H13N3O2S/c20-15(18-16-19-17-11-22-16)13-6-8-14(9-7-13)21-10-12-4-2-1-3-5-12/h1-9,11H,10H2,(H,18,19,20). The molecule has 3 aromatic rings. The first-order chi connectivity index (χ1) is 10.8. The summed E-state index contributed by atoms with van der Waals surface area (Å²) in [5.41, 5.74) is 3.21. The first-order valence-corrected chi connectivity index (χ1v) is 7.53. The Morgan fingerprint density at radius 3 is 2.55 bits per heavy atom. The summed E-state index contributed by atoms with van der Waals surface area (Å²) in [5, 5.41) is 10.6. The van der Waals surface area contributed by atoms with E-state index in [2.05, 4.69) is 15.5 Å². The van der Waals surface area contributed by atoms with Gasteiger partial charge in [-0.25, -0.2) is 0 Å². The molecular formula is C16H13N3O2S. The quantitative estimate of drug-likeness (QED) is 0.784. The molecule has 0 spiro atoms. The monoisotopic (exact) mass is 311 g/mol. The summed E-state index contributed by atoms with van der Waals surface area (Å²) in [6.45, 7) is 0.497. The average molecular weight is 311 g/mol. The molecule has 5 nitrogen and oxygen atoms in total. The van der Waals surface area contributed by atoms with Gasteiger partial charge >= 0.3 is 0 Å². The molecule has 1 aromatic heterocycles. The Morgan fingerprint density at radius 2 is 1.86 bits per heavy atom. The number of nitrogens with one attached hydrogen (secondary N) is 1. The van der Waals surface area contributed by atoms with Crippen molar-refractivity contribution in [3.05, 3.63) is 71.2 Å². The van der Waals surface area contributed by atoms with E-state index in [1.165, 1.54) is 11.3 Å². The molecule has 6 heteroatoms. The molecule has 3 rings (SSSR count). The van der Waals surface area contributed by atoms with E-state index >= 15 is 0 Å². The number of hydrogen-bond acceptors (Lipinski definition) is 5. The van der Waals surface area contributed by atoms with E-state index in [0.29, 0.717) is 17.3 Å². The molecule has 0 atom stereocenters. The Morgan fingerprint density at radius 1 is 1.09 bits per heavy atom. The van der Waals surface area contributed by atoms with Crippen LogP contribution in [0, 0.1) is 0 Å². The highest BCUT2D eigenvalue weighted by Crippen LogP contribution is 2.16. The number of anilines is 1. The third kappa shape index (κ3) is 3.67. The van der Waals surface area contributed by atoms with E-state index in [0.717, 1.165) is 11.3 Å². The van der Waals surface area contributed by atoms with Gasteiger partial charge in [-0.1, -0.05) is 41.7 Å². The van der Waals surface area contributed by atoms with E-state index in [9.17, 15) is 4.79 Å². The summed E-state index contributed by atoms with van der Waals surface area (Å²) < 4.78 is 5.68. The zero-order valence-electron chi connectivity index (χ0n) is 11.6. The maximum atomic E-state index is 12.0. The van der Waals surface area contributed by atoms with Crippen molar-refractivity contribution < 1.29 is 9.53 Å². The summed E-state index contributed by atoms with van der Waals surface area (Å²) >= 11 is 1.28. The van der Waals surface area contributed by atoms with Gasteiger partial charge in [0, 0.05) is 5.56 Å². The predicted octanol–water partition coefficient (Wildman–Crippen LogP) is 3.37. The molecule has 0 aliphatic heterocycles. The molecule has 0 radical (unpaired) electrons. The first kappa shape index (κ1) is 14.2. The fourth-order valence-electron chi connectivity index (χ4n) is 1.84. The Hall–Kier alpha value is -2.73. The fraction of sp³-hybridized carbons (Fsp3) is 0.0625. The van der Waals surface area contributed by atoms with Gasteiger partial charge in [0.1, 0.15) is 17.9 Å². The number of rotatable bonds is 5.